The monoisotopic (exact) mass is 193 g/mol. The van der Waals surface area contributed by atoms with Crippen molar-refractivity contribution in [3.05, 3.63) is 35.4 Å². The highest BCUT2D eigenvalue weighted by Gasteiger charge is 1.97. The van der Waals surface area contributed by atoms with Crippen LogP contribution in [0.3, 0.4) is 0 Å². The Balaban J connectivity index is 2.54. The standard InChI is InChI=1S/C12H19NO/c1-10(2)14-9-12-6-4-5-11(7-12)8-13-3/h4-7,10,13H,8-9H2,1-3H3. The Bertz CT molecular complexity index is 271. The van der Waals surface area contributed by atoms with Crippen LogP contribution in [0.2, 0.25) is 0 Å². The molecular weight excluding hydrogens is 174 g/mol. The summed E-state index contributed by atoms with van der Waals surface area (Å²) in [7, 11) is 1.96. The zero-order valence-corrected chi connectivity index (χ0v) is 9.21. The van der Waals surface area contributed by atoms with Gasteiger partial charge in [-0.15, -0.1) is 0 Å². The molecule has 0 aliphatic rings. The molecule has 1 aromatic carbocycles. The van der Waals surface area contributed by atoms with Crippen LogP contribution in [0.1, 0.15) is 25.0 Å². The van der Waals surface area contributed by atoms with Gasteiger partial charge >= 0.3 is 0 Å². The molecule has 0 heterocycles. The summed E-state index contributed by atoms with van der Waals surface area (Å²) in [6, 6.07) is 8.47. The average molecular weight is 193 g/mol. The van der Waals surface area contributed by atoms with E-state index in [1.54, 1.807) is 0 Å². The third-order valence-corrected chi connectivity index (χ3v) is 1.96. The summed E-state index contributed by atoms with van der Waals surface area (Å²) in [6.45, 7) is 5.72. The number of ether oxygens (including phenoxy) is 1. The van der Waals surface area contributed by atoms with E-state index in [9.17, 15) is 0 Å². The van der Waals surface area contributed by atoms with Crippen LogP contribution in [0.25, 0.3) is 0 Å². The Hall–Kier alpha value is -0.860. The molecule has 0 amide bonds. The van der Waals surface area contributed by atoms with Crippen LogP contribution >= 0.6 is 0 Å². The molecule has 0 aliphatic carbocycles. The van der Waals surface area contributed by atoms with Gasteiger partial charge < -0.3 is 10.1 Å². The molecule has 0 aromatic heterocycles. The number of hydrogen-bond acceptors (Lipinski definition) is 2. The van der Waals surface area contributed by atoms with Gasteiger partial charge in [-0.05, 0) is 32.0 Å². The van der Waals surface area contributed by atoms with E-state index in [1.807, 2.05) is 7.05 Å². The first-order chi connectivity index (χ1) is 6.72. The molecule has 0 saturated carbocycles. The highest BCUT2D eigenvalue weighted by molar-refractivity contribution is 5.22. The second-order valence-electron chi connectivity index (χ2n) is 3.71. The summed E-state index contributed by atoms with van der Waals surface area (Å²) < 4.78 is 5.54. The number of nitrogens with one attached hydrogen (secondary N) is 1. The molecule has 0 unspecified atom stereocenters. The second-order valence-corrected chi connectivity index (χ2v) is 3.71. The van der Waals surface area contributed by atoms with Crippen LogP contribution in [-0.2, 0) is 17.9 Å². The van der Waals surface area contributed by atoms with Crippen LogP contribution in [0.15, 0.2) is 24.3 Å². The van der Waals surface area contributed by atoms with Crippen molar-refractivity contribution in [1.29, 1.82) is 0 Å². The fourth-order valence-corrected chi connectivity index (χ4v) is 1.30. The lowest BCUT2D eigenvalue weighted by atomic mass is 10.1. The first-order valence-corrected chi connectivity index (χ1v) is 5.06. The van der Waals surface area contributed by atoms with Crippen molar-refractivity contribution in [1.82, 2.24) is 5.32 Å². The summed E-state index contributed by atoms with van der Waals surface area (Å²) in [6.07, 6.45) is 0.294. The third kappa shape index (κ3) is 3.90. The van der Waals surface area contributed by atoms with Crippen molar-refractivity contribution in [2.45, 2.75) is 33.1 Å². The van der Waals surface area contributed by atoms with E-state index >= 15 is 0 Å². The molecular formula is C12H19NO. The Kier molecular flexibility index (Phi) is 4.63. The van der Waals surface area contributed by atoms with Gasteiger partial charge in [0.1, 0.15) is 0 Å². The van der Waals surface area contributed by atoms with E-state index < -0.39 is 0 Å². The molecule has 1 aromatic rings. The molecule has 1 N–H and O–H groups in total. The lowest BCUT2D eigenvalue weighted by molar-refractivity contribution is 0.0657. The zero-order valence-electron chi connectivity index (χ0n) is 9.21. The molecule has 0 spiro atoms. The van der Waals surface area contributed by atoms with Gasteiger partial charge in [0.2, 0.25) is 0 Å². The van der Waals surface area contributed by atoms with Gasteiger partial charge in [0.25, 0.3) is 0 Å². The molecule has 0 atom stereocenters. The number of hydrogen-bond donors (Lipinski definition) is 1. The topological polar surface area (TPSA) is 21.3 Å². The average Bonchev–Trinajstić information content (AvgIpc) is 2.16. The Morgan fingerprint density at radius 2 is 2.00 bits per heavy atom. The summed E-state index contributed by atoms with van der Waals surface area (Å²) in [4.78, 5) is 0. The van der Waals surface area contributed by atoms with Crippen molar-refractivity contribution >= 4 is 0 Å². The summed E-state index contributed by atoms with van der Waals surface area (Å²) >= 11 is 0. The Labute approximate surface area is 86.3 Å². The normalized spacial score (nSPS) is 10.9. The van der Waals surface area contributed by atoms with Gasteiger partial charge in [-0.25, -0.2) is 0 Å². The van der Waals surface area contributed by atoms with Gasteiger partial charge in [0.15, 0.2) is 0 Å². The first-order valence-electron chi connectivity index (χ1n) is 5.06. The largest absolute Gasteiger partial charge is 0.374 e. The highest BCUT2D eigenvalue weighted by Crippen LogP contribution is 2.07. The van der Waals surface area contributed by atoms with Gasteiger partial charge in [-0.1, -0.05) is 24.3 Å². The van der Waals surface area contributed by atoms with Crippen LogP contribution in [0, 0.1) is 0 Å². The zero-order chi connectivity index (χ0) is 10.4. The van der Waals surface area contributed by atoms with E-state index in [2.05, 4.69) is 43.4 Å². The maximum atomic E-state index is 5.54. The third-order valence-electron chi connectivity index (χ3n) is 1.96. The Morgan fingerprint density at radius 1 is 1.29 bits per heavy atom. The second kappa shape index (κ2) is 5.78. The fourth-order valence-electron chi connectivity index (χ4n) is 1.30. The lowest BCUT2D eigenvalue weighted by Crippen LogP contribution is -2.06. The molecule has 2 nitrogen and oxygen atoms in total. The van der Waals surface area contributed by atoms with Crippen LogP contribution in [0.4, 0.5) is 0 Å². The molecule has 78 valence electrons. The van der Waals surface area contributed by atoms with Gasteiger partial charge in [-0.2, -0.15) is 0 Å². The fraction of sp³-hybridized carbons (Fsp3) is 0.500. The summed E-state index contributed by atoms with van der Waals surface area (Å²) in [5.74, 6) is 0. The van der Waals surface area contributed by atoms with Gasteiger partial charge in [0, 0.05) is 6.54 Å². The SMILES string of the molecule is CNCc1cccc(COC(C)C)c1. The maximum Gasteiger partial charge on any atom is 0.0720 e. The van der Waals surface area contributed by atoms with Crippen LogP contribution < -0.4 is 5.32 Å². The van der Waals surface area contributed by atoms with Crippen molar-refractivity contribution < 1.29 is 4.74 Å². The number of rotatable bonds is 5. The smallest absolute Gasteiger partial charge is 0.0720 e. The highest BCUT2D eigenvalue weighted by atomic mass is 16.5. The van der Waals surface area contributed by atoms with E-state index in [0.717, 1.165) is 6.54 Å². The lowest BCUT2D eigenvalue weighted by Gasteiger charge is -2.08. The minimum Gasteiger partial charge on any atom is -0.374 e. The van der Waals surface area contributed by atoms with Gasteiger partial charge in [0.05, 0.1) is 12.7 Å². The predicted octanol–water partition coefficient (Wildman–Crippen LogP) is 2.33. The minimum atomic E-state index is 0.294. The van der Waals surface area contributed by atoms with Crippen molar-refractivity contribution in [3.63, 3.8) is 0 Å². The molecule has 0 saturated heterocycles. The number of benzene rings is 1. The Morgan fingerprint density at radius 3 is 2.64 bits per heavy atom. The van der Waals surface area contributed by atoms with Crippen molar-refractivity contribution in [3.8, 4) is 0 Å². The molecule has 0 aliphatic heterocycles. The van der Waals surface area contributed by atoms with Crippen molar-refractivity contribution in [2.75, 3.05) is 7.05 Å². The molecule has 0 bridgehead atoms. The van der Waals surface area contributed by atoms with E-state index in [-0.39, 0.29) is 0 Å². The molecule has 14 heavy (non-hydrogen) atoms. The van der Waals surface area contributed by atoms with E-state index in [1.165, 1.54) is 11.1 Å². The van der Waals surface area contributed by atoms with Crippen LogP contribution in [0.5, 0.6) is 0 Å². The maximum absolute atomic E-state index is 5.54. The molecule has 1 rings (SSSR count). The quantitative estimate of drug-likeness (QED) is 0.775. The van der Waals surface area contributed by atoms with Gasteiger partial charge in [-0.3, -0.25) is 0 Å². The van der Waals surface area contributed by atoms with Crippen LogP contribution in [-0.4, -0.2) is 13.2 Å². The molecule has 2 heteroatoms. The minimum absolute atomic E-state index is 0.294. The van der Waals surface area contributed by atoms with Crippen molar-refractivity contribution in [2.24, 2.45) is 0 Å². The summed E-state index contributed by atoms with van der Waals surface area (Å²) in [5.41, 5.74) is 2.55. The summed E-state index contributed by atoms with van der Waals surface area (Å²) in [5, 5.41) is 3.14. The van der Waals surface area contributed by atoms with E-state index in [0.29, 0.717) is 12.7 Å². The predicted molar refractivity (Wildman–Crippen MR) is 59.1 cm³/mol. The van der Waals surface area contributed by atoms with E-state index in [4.69, 9.17) is 4.74 Å². The molecule has 0 fully saturated rings. The molecule has 0 radical (unpaired) electrons. The first kappa shape index (κ1) is 11.2.